The summed E-state index contributed by atoms with van der Waals surface area (Å²) >= 11 is 0. The molecule has 0 atom stereocenters. The Morgan fingerprint density at radius 3 is 2.41 bits per heavy atom. The van der Waals surface area contributed by atoms with E-state index in [2.05, 4.69) is 34.1 Å². The Kier molecular flexibility index (Phi) is 3.59. The predicted octanol–water partition coefficient (Wildman–Crippen LogP) is 3.68. The number of hydrogen-bond donors (Lipinski definition) is 1. The highest BCUT2D eigenvalue weighted by atomic mass is 16.5. The van der Waals surface area contributed by atoms with Crippen molar-refractivity contribution >= 4 is 16.5 Å². The highest BCUT2D eigenvalue weighted by Crippen LogP contribution is 2.35. The molecule has 0 aliphatic rings. The third-order valence-electron chi connectivity index (χ3n) is 3.72. The minimum atomic E-state index is 0.134. The van der Waals surface area contributed by atoms with Gasteiger partial charge in [-0.3, -0.25) is 4.98 Å². The fourth-order valence-corrected chi connectivity index (χ4v) is 2.50. The first-order valence-corrected chi connectivity index (χ1v) is 7.03. The van der Waals surface area contributed by atoms with Crippen molar-refractivity contribution in [1.29, 1.82) is 0 Å². The molecule has 2 aromatic carbocycles. The first-order valence-electron chi connectivity index (χ1n) is 7.03. The molecule has 0 unspecified atom stereocenters. The lowest BCUT2D eigenvalue weighted by Gasteiger charge is -2.13. The molecule has 0 bridgehead atoms. The van der Waals surface area contributed by atoms with Crippen molar-refractivity contribution in [2.75, 3.05) is 26.1 Å². The van der Waals surface area contributed by atoms with Gasteiger partial charge in [-0.05, 0) is 35.7 Å². The largest absolute Gasteiger partial charge is 0.504 e. The van der Waals surface area contributed by atoms with E-state index in [0.717, 1.165) is 27.7 Å². The Balaban J connectivity index is 2.17. The summed E-state index contributed by atoms with van der Waals surface area (Å²) in [4.78, 5) is 6.56. The van der Waals surface area contributed by atoms with Crippen LogP contribution in [0.1, 0.15) is 0 Å². The molecule has 0 spiro atoms. The monoisotopic (exact) mass is 294 g/mol. The van der Waals surface area contributed by atoms with Crippen molar-refractivity contribution in [3.05, 3.63) is 48.7 Å². The number of nitrogens with zero attached hydrogens (tertiary/aromatic N) is 2. The van der Waals surface area contributed by atoms with Crippen molar-refractivity contribution in [3.8, 4) is 22.8 Å². The molecule has 0 saturated heterocycles. The maximum Gasteiger partial charge on any atom is 0.161 e. The molecule has 3 aromatic rings. The average molecular weight is 294 g/mol. The van der Waals surface area contributed by atoms with E-state index in [-0.39, 0.29) is 5.75 Å². The van der Waals surface area contributed by atoms with Crippen LogP contribution in [0, 0.1) is 0 Å². The van der Waals surface area contributed by atoms with E-state index in [1.54, 1.807) is 19.4 Å². The van der Waals surface area contributed by atoms with Crippen molar-refractivity contribution in [2.24, 2.45) is 0 Å². The maximum absolute atomic E-state index is 9.92. The van der Waals surface area contributed by atoms with Gasteiger partial charge in [0.2, 0.25) is 0 Å². The first-order chi connectivity index (χ1) is 10.6. The molecule has 4 heteroatoms. The molecule has 3 rings (SSSR count). The second kappa shape index (κ2) is 5.56. The second-order valence-electron chi connectivity index (χ2n) is 5.35. The number of aromatic hydroxyl groups is 1. The minimum absolute atomic E-state index is 0.134. The van der Waals surface area contributed by atoms with Crippen LogP contribution in [0.3, 0.4) is 0 Å². The van der Waals surface area contributed by atoms with E-state index in [0.29, 0.717) is 5.75 Å². The number of ether oxygens (including phenoxy) is 1. The van der Waals surface area contributed by atoms with Gasteiger partial charge in [0.1, 0.15) is 0 Å². The van der Waals surface area contributed by atoms with Gasteiger partial charge in [-0.1, -0.05) is 12.1 Å². The van der Waals surface area contributed by atoms with Gasteiger partial charge in [0.05, 0.1) is 12.8 Å². The number of aromatic nitrogens is 1. The van der Waals surface area contributed by atoms with E-state index in [4.69, 9.17) is 4.74 Å². The van der Waals surface area contributed by atoms with Crippen LogP contribution in [-0.2, 0) is 0 Å². The van der Waals surface area contributed by atoms with Crippen LogP contribution in [0.15, 0.2) is 48.7 Å². The van der Waals surface area contributed by atoms with Gasteiger partial charge in [-0.2, -0.15) is 0 Å². The number of methoxy groups -OCH3 is 1. The second-order valence-corrected chi connectivity index (χ2v) is 5.35. The van der Waals surface area contributed by atoms with Gasteiger partial charge >= 0.3 is 0 Å². The van der Waals surface area contributed by atoms with Gasteiger partial charge < -0.3 is 14.7 Å². The molecule has 0 amide bonds. The highest BCUT2D eigenvalue weighted by Gasteiger charge is 2.10. The molecule has 0 radical (unpaired) electrons. The lowest BCUT2D eigenvalue weighted by molar-refractivity contribution is 0.374. The summed E-state index contributed by atoms with van der Waals surface area (Å²) in [6.07, 6.45) is 1.75. The number of hydrogen-bond acceptors (Lipinski definition) is 4. The fourth-order valence-electron chi connectivity index (χ4n) is 2.50. The Bertz CT molecular complexity index is 811. The van der Waals surface area contributed by atoms with E-state index < -0.39 is 0 Å². The summed E-state index contributed by atoms with van der Waals surface area (Å²) in [5.74, 6) is 0.585. The van der Waals surface area contributed by atoms with Crippen molar-refractivity contribution in [1.82, 2.24) is 4.98 Å². The Labute approximate surface area is 129 Å². The standard InChI is InChI=1S/C18H18N2O2/c1-20(2)14-6-4-12(5-7-14)18-15-11-17(22-3)16(21)10-13(15)8-9-19-18/h4-11,21H,1-3H3. The number of phenolic OH excluding ortho intramolecular Hbond substituents is 1. The Morgan fingerprint density at radius 2 is 1.77 bits per heavy atom. The molecular weight excluding hydrogens is 276 g/mol. The maximum atomic E-state index is 9.92. The number of anilines is 1. The van der Waals surface area contributed by atoms with Gasteiger partial charge in [-0.25, -0.2) is 0 Å². The summed E-state index contributed by atoms with van der Waals surface area (Å²) in [5, 5.41) is 11.8. The summed E-state index contributed by atoms with van der Waals surface area (Å²) in [5.41, 5.74) is 3.05. The lowest BCUT2D eigenvalue weighted by atomic mass is 10.0. The van der Waals surface area contributed by atoms with Gasteiger partial charge in [0.15, 0.2) is 11.5 Å². The fraction of sp³-hybridized carbons (Fsp3) is 0.167. The van der Waals surface area contributed by atoms with Gasteiger partial charge in [-0.15, -0.1) is 0 Å². The molecule has 0 aliphatic carbocycles. The van der Waals surface area contributed by atoms with Crippen molar-refractivity contribution in [3.63, 3.8) is 0 Å². The molecule has 0 fully saturated rings. The van der Waals surface area contributed by atoms with Crippen molar-refractivity contribution in [2.45, 2.75) is 0 Å². The SMILES string of the molecule is COc1cc2c(-c3ccc(N(C)C)cc3)nccc2cc1O. The zero-order valence-electron chi connectivity index (χ0n) is 12.9. The van der Waals surface area contributed by atoms with Gasteiger partial charge in [0, 0.05) is 36.9 Å². The normalized spacial score (nSPS) is 10.7. The lowest BCUT2D eigenvalue weighted by Crippen LogP contribution is -2.07. The molecule has 22 heavy (non-hydrogen) atoms. The third kappa shape index (κ3) is 2.44. The minimum Gasteiger partial charge on any atom is -0.504 e. The average Bonchev–Trinajstić information content (AvgIpc) is 2.53. The van der Waals surface area contributed by atoms with Crippen molar-refractivity contribution < 1.29 is 9.84 Å². The van der Waals surface area contributed by atoms with E-state index in [1.165, 1.54) is 0 Å². The first kappa shape index (κ1) is 14.2. The molecular formula is C18H18N2O2. The number of fused-ring (bicyclic) bond motifs is 1. The number of rotatable bonds is 3. The van der Waals surface area contributed by atoms with Crippen LogP contribution >= 0.6 is 0 Å². The van der Waals surface area contributed by atoms with Crippen LogP contribution in [0.5, 0.6) is 11.5 Å². The quantitative estimate of drug-likeness (QED) is 0.800. The molecule has 0 saturated carbocycles. The van der Waals surface area contributed by atoms with Crippen LogP contribution in [-0.4, -0.2) is 31.3 Å². The zero-order valence-corrected chi connectivity index (χ0v) is 12.9. The molecule has 112 valence electrons. The van der Waals surface area contributed by atoms with Crippen LogP contribution in [0.2, 0.25) is 0 Å². The summed E-state index contributed by atoms with van der Waals surface area (Å²) < 4.78 is 5.21. The molecule has 1 heterocycles. The predicted molar refractivity (Wildman–Crippen MR) is 89.7 cm³/mol. The summed E-state index contributed by atoms with van der Waals surface area (Å²) in [7, 11) is 5.57. The summed E-state index contributed by atoms with van der Waals surface area (Å²) in [6, 6.07) is 13.6. The van der Waals surface area contributed by atoms with E-state index in [1.807, 2.05) is 26.2 Å². The number of phenols is 1. The molecule has 1 aromatic heterocycles. The van der Waals surface area contributed by atoms with Gasteiger partial charge in [0.25, 0.3) is 0 Å². The topological polar surface area (TPSA) is 45.6 Å². The molecule has 4 nitrogen and oxygen atoms in total. The number of pyridine rings is 1. The third-order valence-corrected chi connectivity index (χ3v) is 3.72. The van der Waals surface area contributed by atoms with Crippen LogP contribution in [0.25, 0.3) is 22.0 Å². The highest BCUT2D eigenvalue weighted by molar-refractivity contribution is 5.96. The van der Waals surface area contributed by atoms with Crippen LogP contribution < -0.4 is 9.64 Å². The molecule has 1 N–H and O–H groups in total. The Hall–Kier alpha value is -2.75. The smallest absolute Gasteiger partial charge is 0.161 e. The zero-order chi connectivity index (χ0) is 15.7. The van der Waals surface area contributed by atoms with E-state index in [9.17, 15) is 5.11 Å². The van der Waals surface area contributed by atoms with Crippen LogP contribution in [0.4, 0.5) is 5.69 Å². The Morgan fingerprint density at radius 1 is 1.05 bits per heavy atom. The van der Waals surface area contributed by atoms with E-state index >= 15 is 0 Å². The summed E-state index contributed by atoms with van der Waals surface area (Å²) in [6.45, 7) is 0. The number of benzene rings is 2. The molecule has 0 aliphatic heterocycles.